The molecule has 1 saturated heterocycles. The molecule has 0 saturated carbocycles. The first-order valence-electron chi connectivity index (χ1n) is 13.9. The molecule has 2 aliphatic rings. The molecule has 1 aromatic heterocycles. The molecular weight excluding hydrogens is 624 g/mol. The fraction of sp³-hybridized carbons (Fsp3) is 0.152. The van der Waals surface area contributed by atoms with Crippen molar-refractivity contribution in [3.05, 3.63) is 123 Å². The summed E-state index contributed by atoms with van der Waals surface area (Å²) in [5.41, 5.74) is -0.421. The molecule has 7 nitrogen and oxygen atoms in total. The van der Waals surface area contributed by atoms with Gasteiger partial charge in [0.1, 0.15) is 11.8 Å². The molecule has 226 valence electrons. The number of thioether (sulfide) groups is 1. The summed E-state index contributed by atoms with van der Waals surface area (Å²) in [4.78, 5) is 55.2. The van der Waals surface area contributed by atoms with E-state index in [4.69, 9.17) is 0 Å². The summed E-state index contributed by atoms with van der Waals surface area (Å²) in [5, 5.41) is 3.85. The van der Waals surface area contributed by atoms with Crippen LogP contribution in [-0.4, -0.2) is 27.5 Å². The van der Waals surface area contributed by atoms with Crippen molar-refractivity contribution in [2.75, 3.05) is 10.2 Å². The van der Waals surface area contributed by atoms with E-state index in [-0.39, 0.29) is 6.54 Å². The molecule has 5 aromatic rings. The largest absolute Gasteiger partial charge is 0.418 e. The highest BCUT2D eigenvalue weighted by Gasteiger charge is 2.57. The predicted octanol–water partition coefficient (Wildman–Crippen LogP) is 6.52. The summed E-state index contributed by atoms with van der Waals surface area (Å²) >= 11 is 1.82. The van der Waals surface area contributed by atoms with Gasteiger partial charge < -0.3 is 5.32 Å². The molecule has 7 rings (SSSR count). The van der Waals surface area contributed by atoms with Gasteiger partial charge in [-0.25, -0.2) is 4.90 Å². The molecule has 0 aliphatic carbocycles. The van der Waals surface area contributed by atoms with Gasteiger partial charge in [-0.3, -0.25) is 23.7 Å². The average molecular weight is 646 g/mol. The SMILES string of the molecule is O=C(Cn1c2c(sc1=O)[C@@H](c1ccccc1)[C@@H]1C(=O)N(c3ccccc3C(F)(F)F)C(=O)[C@@H]1S2)Nc1cccc2ccccc12. The number of carbonyl (C=O) groups excluding carboxylic acids is 3. The van der Waals surface area contributed by atoms with Gasteiger partial charge in [0.15, 0.2) is 0 Å². The van der Waals surface area contributed by atoms with Gasteiger partial charge in [0.2, 0.25) is 17.7 Å². The van der Waals surface area contributed by atoms with Gasteiger partial charge in [0.25, 0.3) is 0 Å². The Balaban J connectivity index is 1.28. The average Bonchev–Trinajstić information content (AvgIpc) is 3.47. The van der Waals surface area contributed by atoms with Crippen LogP contribution in [0.3, 0.4) is 0 Å². The summed E-state index contributed by atoms with van der Waals surface area (Å²) in [7, 11) is 0. The van der Waals surface area contributed by atoms with Crippen LogP contribution in [0.4, 0.5) is 24.5 Å². The quantitative estimate of drug-likeness (QED) is 0.220. The van der Waals surface area contributed by atoms with Crippen LogP contribution in [-0.2, 0) is 27.1 Å². The van der Waals surface area contributed by atoms with Gasteiger partial charge in [-0.15, -0.1) is 0 Å². The zero-order chi connectivity index (χ0) is 31.5. The van der Waals surface area contributed by atoms with Crippen molar-refractivity contribution < 1.29 is 27.6 Å². The number of thiazole rings is 1. The number of alkyl halides is 3. The molecule has 0 radical (unpaired) electrons. The third-order valence-corrected chi connectivity index (χ3v) is 10.6. The number of rotatable bonds is 5. The molecule has 0 unspecified atom stereocenters. The normalized spacial score (nSPS) is 19.4. The van der Waals surface area contributed by atoms with Crippen LogP contribution in [0.5, 0.6) is 0 Å². The van der Waals surface area contributed by atoms with Crippen LogP contribution < -0.4 is 15.1 Å². The summed E-state index contributed by atoms with van der Waals surface area (Å²) < 4.78 is 43.2. The van der Waals surface area contributed by atoms with Crippen LogP contribution in [0.2, 0.25) is 0 Å². The van der Waals surface area contributed by atoms with Crippen molar-refractivity contribution in [3.63, 3.8) is 0 Å². The highest BCUT2D eigenvalue weighted by molar-refractivity contribution is 8.00. The third kappa shape index (κ3) is 4.94. The number of para-hydroxylation sites is 1. The number of halogens is 3. The van der Waals surface area contributed by atoms with Crippen molar-refractivity contribution >= 4 is 63.0 Å². The number of amides is 3. The number of benzene rings is 4. The van der Waals surface area contributed by atoms with Gasteiger partial charge >= 0.3 is 11.0 Å². The fourth-order valence-corrected chi connectivity index (χ4v) is 8.86. The van der Waals surface area contributed by atoms with Crippen LogP contribution in [0.15, 0.2) is 107 Å². The number of nitrogens with one attached hydrogen (secondary N) is 1. The van der Waals surface area contributed by atoms with Crippen molar-refractivity contribution in [1.29, 1.82) is 0 Å². The van der Waals surface area contributed by atoms with Crippen molar-refractivity contribution in [1.82, 2.24) is 4.57 Å². The maximum Gasteiger partial charge on any atom is 0.418 e. The minimum atomic E-state index is -4.80. The number of imide groups is 1. The van der Waals surface area contributed by atoms with Crippen molar-refractivity contribution in [2.45, 2.75) is 28.9 Å². The van der Waals surface area contributed by atoms with Gasteiger partial charge in [0.05, 0.1) is 22.2 Å². The number of nitrogens with zero attached hydrogens (tertiary/aromatic N) is 2. The molecule has 3 atom stereocenters. The first-order valence-corrected chi connectivity index (χ1v) is 15.6. The lowest BCUT2D eigenvalue weighted by atomic mass is 9.83. The summed E-state index contributed by atoms with van der Waals surface area (Å²) in [5.74, 6) is -3.89. The van der Waals surface area contributed by atoms with E-state index < -0.39 is 57.1 Å². The predicted molar refractivity (Wildman–Crippen MR) is 167 cm³/mol. The lowest BCUT2D eigenvalue weighted by Gasteiger charge is -2.30. The van der Waals surface area contributed by atoms with Gasteiger partial charge in [-0.2, -0.15) is 13.2 Å². The van der Waals surface area contributed by atoms with Crippen LogP contribution in [0, 0.1) is 5.92 Å². The zero-order valence-electron chi connectivity index (χ0n) is 23.2. The van der Waals surface area contributed by atoms with E-state index >= 15 is 0 Å². The lowest BCUT2D eigenvalue weighted by Crippen LogP contribution is -2.33. The highest BCUT2D eigenvalue weighted by Crippen LogP contribution is 2.54. The Morgan fingerprint density at radius 1 is 0.822 bits per heavy atom. The Hall–Kier alpha value is -4.68. The Bertz CT molecular complexity index is 2050. The molecule has 3 heterocycles. The van der Waals surface area contributed by atoms with E-state index in [9.17, 15) is 32.3 Å². The third-order valence-electron chi connectivity index (χ3n) is 8.02. The Kier molecular flexibility index (Phi) is 7.13. The van der Waals surface area contributed by atoms with Crippen molar-refractivity contribution in [2.24, 2.45) is 5.92 Å². The molecule has 2 aliphatic heterocycles. The number of anilines is 2. The van der Waals surface area contributed by atoms with Crippen LogP contribution in [0.25, 0.3) is 10.8 Å². The topological polar surface area (TPSA) is 88.5 Å². The lowest BCUT2D eigenvalue weighted by molar-refractivity contribution is -0.137. The highest BCUT2D eigenvalue weighted by atomic mass is 32.2. The molecule has 0 bridgehead atoms. The molecule has 12 heteroatoms. The van der Waals surface area contributed by atoms with Crippen LogP contribution >= 0.6 is 23.1 Å². The zero-order valence-corrected chi connectivity index (χ0v) is 24.8. The maximum atomic E-state index is 14.0. The minimum absolute atomic E-state index is 0.347. The Morgan fingerprint density at radius 3 is 2.29 bits per heavy atom. The summed E-state index contributed by atoms with van der Waals surface area (Å²) in [6.07, 6.45) is -4.80. The standard InChI is InChI=1S/C33H22F3N3O4S2/c34-33(35,36)21-14-6-7-16-23(21)39-29(41)26-25(19-10-2-1-3-11-19)28-31(44-27(26)30(39)42)38(32(43)45-28)17-24(40)37-22-15-8-12-18-9-4-5-13-20(18)22/h1-16,25-27H,17H2,(H,37,40)/t25-,26-,27+/m0/s1. The summed E-state index contributed by atoms with van der Waals surface area (Å²) in [6, 6.07) is 26.3. The van der Waals surface area contributed by atoms with E-state index in [0.29, 0.717) is 26.1 Å². The number of carbonyl (C=O) groups is 3. The molecule has 4 aromatic carbocycles. The molecule has 1 fully saturated rings. The second-order valence-corrected chi connectivity index (χ2v) is 12.8. The van der Waals surface area contributed by atoms with Crippen LogP contribution in [0.1, 0.15) is 21.9 Å². The first kappa shape index (κ1) is 29.1. The van der Waals surface area contributed by atoms with E-state index in [1.165, 1.54) is 16.7 Å². The molecular formula is C33H22F3N3O4S2. The monoisotopic (exact) mass is 645 g/mol. The Morgan fingerprint density at radius 2 is 1.51 bits per heavy atom. The van der Waals surface area contributed by atoms with Gasteiger partial charge in [-0.05, 0) is 29.1 Å². The smallest absolute Gasteiger partial charge is 0.324 e. The molecule has 45 heavy (non-hydrogen) atoms. The Labute approximate surface area is 262 Å². The summed E-state index contributed by atoms with van der Waals surface area (Å²) in [6.45, 7) is -0.359. The second kappa shape index (κ2) is 11.0. The number of fused-ring (bicyclic) bond motifs is 3. The van der Waals surface area contributed by atoms with Crippen molar-refractivity contribution in [3.8, 4) is 0 Å². The van der Waals surface area contributed by atoms with Gasteiger partial charge in [0, 0.05) is 21.9 Å². The fourth-order valence-electron chi connectivity index (χ4n) is 6.09. The number of hydrogen-bond donors (Lipinski definition) is 1. The molecule has 3 amide bonds. The maximum absolute atomic E-state index is 14.0. The van der Waals surface area contributed by atoms with E-state index in [0.717, 1.165) is 46.0 Å². The molecule has 1 N–H and O–H groups in total. The van der Waals surface area contributed by atoms with E-state index in [1.807, 2.05) is 36.4 Å². The minimum Gasteiger partial charge on any atom is -0.324 e. The number of aromatic nitrogens is 1. The van der Waals surface area contributed by atoms with E-state index in [2.05, 4.69) is 5.32 Å². The van der Waals surface area contributed by atoms with Gasteiger partial charge in [-0.1, -0.05) is 102 Å². The first-order chi connectivity index (χ1) is 21.6. The van der Waals surface area contributed by atoms with E-state index in [1.54, 1.807) is 36.4 Å². The second-order valence-electron chi connectivity index (χ2n) is 10.7. The molecule has 0 spiro atoms. The number of hydrogen-bond acceptors (Lipinski definition) is 6.